The van der Waals surface area contributed by atoms with Crippen LogP contribution in [0.15, 0.2) is 30.5 Å². The van der Waals surface area contributed by atoms with Gasteiger partial charge in [-0.15, -0.1) is 0 Å². The van der Waals surface area contributed by atoms with Crippen molar-refractivity contribution in [1.82, 2.24) is 15.1 Å². The summed E-state index contributed by atoms with van der Waals surface area (Å²) in [4.78, 5) is 0. The van der Waals surface area contributed by atoms with Gasteiger partial charge in [-0.05, 0) is 31.0 Å². The molecule has 3 rings (SSSR count). The standard InChI is InChI=1S/C15H20N4/c1-11-15(10-19(2)18-11)17-14-7-8-16-9-12-5-3-4-6-13(12)14/h3-6,10,14,16-17H,7-9H2,1-2H3. The molecule has 1 aliphatic rings. The zero-order valence-corrected chi connectivity index (χ0v) is 11.5. The van der Waals surface area contributed by atoms with Gasteiger partial charge in [-0.3, -0.25) is 4.68 Å². The topological polar surface area (TPSA) is 41.9 Å². The highest BCUT2D eigenvalue weighted by Crippen LogP contribution is 2.28. The van der Waals surface area contributed by atoms with Gasteiger partial charge in [0, 0.05) is 19.8 Å². The molecule has 4 heteroatoms. The van der Waals surface area contributed by atoms with Crippen molar-refractivity contribution in [2.45, 2.75) is 25.9 Å². The summed E-state index contributed by atoms with van der Waals surface area (Å²) >= 11 is 0. The Hall–Kier alpha value is -1.81. The van der Waals surface area contributed by atoms with Gasteiger partial charge in [0.2, 0.25) is 0 Å². The first-order valence-corrected chi connectivity index (χ1v) is 6.79. The molecule has 1 aliphatic heterocycles. The second-order valence-electron chi connectivity index (χ2n) is 5.16. The van der Waals surface area contributed by atoms with Gasteiger partial charge in [0.25, 0.3) is 0 Å². The van der Waals surface area contributed by atoms with E-state index in [2.05, 4.69) is 46.2 Å². The molecule has 1 aromatic heterocycles. The minimum atomic E-state index is 0.356. The smallest absolute Gasteiger partial charge is 0.0825 e. The van der Waals surface area contributed by atoms with Gasteiger partial charge >= 0.3 is 0 Å². The van der Waals surface area contributed by atoms with Crippen LogP contribution in [0.1, 0.15) is 29.3 Å². The number of hydrogen-bond acceptors (Lipinski definition) is 3. The average molecular weight is 256 g/mol. The number of fused-ring (bicyclic) bond motifs is 1. The lowest BCUT2D eigenvalue weighted by Gasteiger charge is -2.19. The van der Waals surface area contributed by atoms with Crippen LogP contribution in [0.2, 0.25) is 0 Å². The van der Waals surface area contributed by atoms with Crippen molar-refractivity contribution in [2.24, 2.45) is 7.05 Å². The molecule has 2 heterocycles. The third-order valence-electron chi connectivity index (χ3n) is 3.70. The maximum atomic E-state index is 4.39. The lowest BCUT2D eigenvalue weighted by atomic mass is 9.99. The largest absolute Gasteiger partial charge is 0.375 e. The molecule has 4 nitrogen and oxygen atoms in total. The Morgan fingerprint density at radius 1 is 1.37 bits per heavy atom. The van der Waals surface area contributed by atoms with E-state index >= 15 is 0 Å². The average Bonchev–Trinajstić information content (AvgIpc) is 2.61. The predicted octanol–water partition coefficient (Wildman–Crippen LogP) is 2.38. The van der Waals surface area contributed by atoms with Crippen LogP contribution in [0.5, 0.6) is 0 Å². The van der Waals surface area contributed by atoms with Crippen LogP contribution >= 0.6 is 0 Å². The Labute approximate surface area is 113 Å². The van der Waals surface area contributed by atoms with Crippen LogP contribution in [0.4, 0.5) is 5.69 Å². The molecule has 2 N–H and O–H groups in total. The highest BCUT2D eigenvalue weighted by Gasteiger charge is 2.19. The summed E-state index contributed by atoms with van der Waals surface area (Å²) in [6.45, 7) is 4.04. The molecular formula is C15H20N4. The molecule has 0 fully saturated rings. The van der Waals surface area contributed by atoms with Crippen molar-refractivity contribution in [3.8, 4) is 0 Å². The molecule has 1 atom stereocenters. The summed E-state index contributed by atoms with van der Waals surface area (Å²) in [6, 6.07) is 9.02. The Bertz CT molecular complexity index is 573. The number of aromatic nitrogens is 2. The van der Waals surface area contributed by atoms with Crippen molar-refractivity contribution < 1.29 is 0 Å². The minimum Gasteiger partial charge on any atom is -0.375 e. The van der Waals surface area contributed by atoms with Gasteiger partial charge in [0.05, 0.1) is 17.4 Å². The third-order valence-corrected chi connectivity index (χ3v) is 3.70. The van der Waals surface area contributed by atoms with E-state index in [4.69, 9.17) is 0 Å². The minimum absolute atomic E-state index is 0.356. The van der Waals surface area contributed by atoms with Crippen molar-refractivity contribution in [2.75, 3.05) is 11.9 Å². The van der Waals surface area contributed by atoms with E-state index in [1.165, 1.54) is 11.1 Å². The Morgan fingerprint density at radius 2 is 2.21 bits per heavy atom. The second-order valence-corrected chi connectivity index (χ2v) is 5.16. The number of aryl methyl sites for hydroxylation is 2. The van der Waals surface area contributed by atoms with Crippen molar-refractivity contribution in [3.63, 3.8) is 0 Å². The zero-order chi connectivity index (χ0) is 13.2. The van der Waals surface area contributed by atoms with Crippen LogP contribution < -0.4 is 10.6 Å². The van der Waals surface area contributed by atoms with E-state index < -0.39 is 0 Å². The van der Waals surface area contributed by atoms with Gasteiger partial charge in [0.1, 0.15) is 0 Å². The summed E-state index contributed by atoms with van der Waals surface area (Å²) in [6.07, 6.45) is 3.14. The fourth-order valence-corrected chi connectivity index (χ4v) is 2.74. The second kappa shape index (κ2) is 5.05. The normalized spacial score (nSPS) is 18.7. The van der Waals surface area contributed by atoms with Gasteiger partial charge < -0.3 is 10.6 Å². The first-order valence-electron chi connectivity index (χ1n) is 6.79. The van der Waals surface area contributed by atoms with Crippen LogP contribution in [0.3, 0.4) is 0 Å². The number of rotatable bonds is 2. The number of nitrogens with zero attached hydrogens (tertiary/aromatic N) is 2. The van der Waals surface area contributed by atoms with E-state index in [0.717, 1.165) is 30.9 Å². The zero-order valence-electron chi connectivity index (χ0n) is 11.5. The molecule has 0 bridgehead atoms. The SMILES string of the molecule is Cc1nn(C)cc1NC1CCNCc2ccccc21. The van der Waals surface area contributed by atoms with Crippen molar-refractivity contribution in [1.29, 1.82) is 0 Å². The quantitative estimate of drug-likeness (QED) is 0.867. The molecule has 0 spiro atoms. The molecule has 1 unspecified atom stereocenters. The molecule has 2 aromatic rings. The molecule has 0 saturated heterocycles. The molecule has 0 amide bonds. The summed E-state index contributed by atoms with van der Waals surface area (Å²) in [5.41, 5.74) is 4.97. The number of anilines is 1. The van der Waals surface area contributed by atoms with Crippen LogP contribution in [0, 0.1) is 6.92 Å². The van der Waals surface area contributed by atoms with Gasteiger partial charge in [-0.1, -0.05) is 24.3 Å². The van der Waals surface area contributed by atoms with Gasteiger partial charge in [-0.25, -0.2) is 0 Å². The summed E-state index contributed by atoms with van der Waals surface area (Å²) < 4.78 is 1.86. The molecule has 100 valence electrons. The van der Waals surface area contributed by atoms with E-state index in [9.17, 15) is 0 Å². The number of benzene rings is 1. The Balaban J connectivity index is 1.90. The van der Waals surface area contributed by atoms with E-state index in [1.807, 2.05) is 18.7 Å². The van der Waals surface area contributed by atoms with Crippen LogP contribution in [-0.4, -0.2) is 16.3 Å². The number of hydrogen-bond donors (Lipinski definition) is 2. The van der Waals surface area contributed by atoms with Gasteiger partial charge in [0.15, 0.2) is 0 Å². The Morgan fingerprint density at radius 3 is 3.00 bits per heavy atom. The van der Waals surface area contributed by atoms with Crippen molar-refractivity contribution in [3.05, 3.63) is 47.3 Å². The monoisotopic (exact) mass is 256 g/mol. The molecule has 0 radical (unpaired) electrons. The van der Waals surface area contributed by atoms with Crippen LogP contribution in [-0.2, 0) is 13.6 Å². The maximum absolute atomic E-state index is 4.39. The van der Waals surface area contributed by atoms with Gasteiger partial charge in [-0.2, -0.15) is 5.10 Å². The van der Waals surface area contributed by atoms with Crippen LogP contribution in [0.25, 0.3) is 0 Å². The Kier molecular flexibility index (Phi) is 3.25. The van der Waals surface area contributed by atoms with E-state index in [1.54, 1.807) is 0 Å². The summed E-state index contributed by atoms with van der Waals surface area (Å²) in [5.74, 6) is 0. The van der Waals surface area contributed by atoms with E-state index in [-0.39, 0.29) is 0 Å². The molecule has 0 aliphatic carbocycles. The molecule has 19 heavy (non-hydrogen) atoms. The van der Waals surface area contributed by atoms with Crippen molar-refractivity contribution >= 4 is 5.69 Å². The highest BCUT2D eigenvalue weighted by atomic mass is 15.3. The number of nitrogens with one attached hydrogen (secondary N) is 2. The lowest BCUT2D eigenvalue weighted by Crippen LogP contribution is -2.15. The predicted molar refractivity (Wildman–Crippen MR) is 77.1 cm³/mol. The fraction of sp³-hybridized carbons (Fsp3) is 0.400. The summed E-state index contributed by atoms with van der Waals surface area (Å²) in [5, 5.41) is 11.5. The van der Waals surface area contributed by atoms with E-state index in [0.29, 0.717) is 6.04 Å². The molecular weight excluding hydrogens is 236 g/mol. The highest BCUT2D eigenvalue weighted by molar-refractivity contribution is 5.49. The maximum Gasteiger partial charge on any atom is 0.0825 e. The fourth-order valence-electron chi connectivity index (χ4n) is 2.74. The molecule has 1 aromatic carbocycles. The first kappa shape index (κ1) is 12.2. The third kappa shape index (κ3) is 2.49. The first-order chi connectivity index (χ1) is 9.24. The lowest BCUT2D eigenvalue weighted by molar-refractivity contribution is 0.637. The molecule has 0 saturated carbocycles. The summed E-state index contributed by atoms with van der Waals surface area (Å²) in [7, 11) is 1.96.